The Balaban J connectivity index is 1.86. The van der Waals surface area contributed by atoms with Crippen molar-refractivity contribution in [2.45, 2.75) is 12.6 Å². The number of carbonyl (C=O) groups excluding carboxylic acids is 1. The van der Waals surface area contributed by atoms with Crippen LogP contribution in [0.15, 0.2) is 64.2 Å². The molecule has 7 nitrogen and oxygen atoms in total. The number of H-pyrrole nitrogens is 1. The van der Waals surface area contributed by atoms with Gasteiger partial charge < -0.3 is 9.84 Å². The minimum Gasteiger partial charge on any atom is -0.494 e. The zero-order valence-corrected chi connectivity index (χ0v) is 13.5. The SMILES string of the molecule is O=C1O[C@H](c2c(O)n(Cc3ccccc3)c(=O)[nH]c2=O)c2ccccc21. The first kappa shape index (κ1) is 15.9. The van der Waals surface area contributed by atoms with E-state index in [1.807, 2.05) is 6.07 Å². The van der Waals surface area contributed by atoms with Gasteiger partial charge in [0.15, 0.2) is 6.10 Å². The Hall–Kier alpha value is -3.61. The Morgan fingerprint density at radius 3 is 2.46 bits per heavy atom. The lowest BCUT2D eigenvalue weighted by Gasteiger charge is -2.15. The van der Waals surface area contributed by atoms with Crippen LogP contribution in [0.1, 0.15) is 33.2 Å². The first-order valence-electron chi connectivity index (χ1n) is 7.96. The third-order valence-corrected chi connectivity index (χ3v) is 4.34. The fraction of sp³-hybridized carbons (Fsp3) is 0.105. The van der Waals surface area contributed by atoms with Crippen molar-refractivity contribution in [3.05, 3.63) is 97.7 Å². The second kappa shape index (κ2) is 6.03. The number of hydrogen-bond acceptors (Lipinski definition) is 5. The number of nitrogens with one attached hydrogen (secondary N) is 1. The molecule has 4 rings (SSSR count). The minimum atomic E-state index is -1.06. The number of nitrogens with zero attached hydrogens (tertiary/aromatic N) is 1. The van der Waals surface area contributed by atoms with Crippen molar-refractivity contribution in [3.8, 4) is 5.88 Å². The smallest absolute Gasteiger partial charge is 0.339 e. The Morgan fingerprint density at radius 1 is 1.00 bits per heavy atom. The summed E-state index contributed by atoms with van der Waals surface area (Å²) < 4.78 is 6.33. The van der Waals surface area contributed by atoms with E-state index in [9.17, 15) is 19.5 Å². The lowest BCUT2D eigenvalue weighted by molar-refractivity contribution is 0.0448. The van der Waals surface area contributed by atoms with Crippen LogP contribution in [-0.2, 0) is 11.3 Å². The number of aromatic amines is 1. The van der Waals surface area contributed by atoms with E-state index >= 15 is 0 Å². The van der Waals surface area contributed by atoms with E-state index in [1.54, 1.807) is 48.5 Å². The Morgan fingerprint density at radius 2 is 1.69 bits per heavy atom. The highest BCUT2D eigenvalue weighted by Gasteiger charge is 2.36. The number of hydrogen-bond donors (Lipinski definition) is 2. The second-order valence-corrected chi connectivity index (χ2v) is 5.94. The van der Waals surface area contributed by atoms with Crippen LogP contribution in [0.3, 0.4) is 0 Å². The molecule has 0 radical (unpaired) electrons. The summed E-state index contributed by atoms with van der Waals surface area (Å²) in [5.41, 5.74) is -0.116. The van der Waals surface area contributed by atoms with Crippen molar-refractivity contribution in [1.29, 1.82) is 0 Å². The van der Waals surface area contributed by atoms with Crippen molar-refractivity contribution in [2.75, 3.05) is 0 Å². The molecule has 0 saturated heterocycles. The van der Waals surface area contributed by atoms with Gasteiger partial charge >= 0.3 is 11.7 Å². The van der Waals surface area contributed by atoms with Crippen LogP contribution in [0.2, 0.25) is 0 Å². The quantitative estimate of drug-likeness (QED) is 0.698. The van der Waals surface area contributed by atoms with Crippen LogP contribution in [0.25, 0.3) is 0 Å². The number of carbonyl (C=O) groups is 1. The van der Waals surface area contributed by atoms with Gasteiger partial charge in [-0.15, -0.1) is 0 Å². The van der Waals surface area contributed by atoms with Crippen LogP contribution in [-0.4, -0.2) is 20.6 Å². The topological polar surface area (TPSA) is 101 Å². The average Bonchev–Trinajstić information content (AvgIpc) is 2.96. The second-order valence-electron chi connectivity index (χ2n) is 5.94. The van der Waals surface area contributed by atoms with Crippen LogP contribution in [0, 0.1) is 0 Å². The third-order valence-electron chi connectivity index (χ3n) is 4.34. The van der Waals surface area contributed by atoms with Gasteiger partial charge in [0.1, 0.15) is 5.56 Å². The van der Waals surface area contributed by atoms with Crippen LogP contribution >= 0.6 is 0 Å². The van der Waals surface area contributed by atoms with Crippen molar-refractivity contribution in [3.63, 3.8) is 0 Å². The summed E-state index contributed by atoms with van der Waals surface area (Å²) in [6.07, 6.45) is -1.06. The third kappa shape index (κ3) is 2.50. The molecule has 0 spiro atoms. The number of cyclic esters (lactones) is 1. The van der Waals surface area contributed by atoms with E-state index in [0.717, 1.165) is 10.1 Å². The minimum absolute atomic E-state index is 0.0671. The maximum atomic E-state index is 12.3. The molecule has 2 aromatic carbocycles. The molecule has 2 heterocycles. The van der Waals surface area contributed by atoms with E-state index in [-0.39, 0.29) is 12.1 Å². The molecule has 0 amide bonds. The number of esters is 1. The summed E-state index contributed by atoms with van der Waals surface area (Å²) in [5, 5.41) is 10.6. The van der Waals surface area contributed by atoms with Crippen LogP contribution < -0.4 is 11.2 Å². The van der Waals surface area contributed by atoms with Crippen molar-refractivity contribution < 1.29 is 14.6 Å². The lowest BCUT2D eigenvalue weighted by atomic mass is 10.0. The highest BCUT2D eigenvalue weighted by atomic mass is 16.5. The Bertz CT molecular complexity index is 1110. The molecule has 7 heteroatoms. The normalized spacial score (nSPS) is 15.5. The summed E-state index contributed by atoms with van der Waals surface area (Å²) in [6.45, 7) is 0.0671. The van der Waals surface area contributed by atoms with Crippen LogP contribution in [0.5, 0.6) is 5.88 Å². The number of rotatable bonds is 3. The molecule has 1 aliphatic rings. The van der Waals surface area contributed by atoms with E-state index in [4.69, 9.17) is 4.74 Å². The molecule has 1 atom stereocenters. The van der Waals surface area contributed by atoms with Crippen molar-refractivity contribution in [2.24, 2.45) is 0 Å². The fourth-order valence-electron chi connectivity index (χ4n) is 3.08. The molecule has 1 aromatic heterocycles. The van der Waals surface area contributed by atoms with Gasteiger partial charge in [0.2, 0.25) is 5.88 Å². The average molecular weight is 350 g/mol. The summed E-state index contributed by atoms with van der Waals surface area (Å²) in [5.74, 6) is -1.10. The van der Waals surface area contributed by atoms with E-state index < -0.39 is 29.2 Å². The number of aromatic nitrogens is 2. The first-order chi connectivity index (χ1) is 12.6. The highest BCUT2D eigenvalue weighted by Crippen LogP contribution is 2.37. The number of benzene rings is 2. The molecule has 0 unspecified atom stereocenters. The largest absolute Gasteiger partial charge is 0.494 e. The zero-order valence-electron chi connectivity index (χ0n) is 13.5. The van der Waals surface area contributed by atoms with Gasteiger partial charge in [-0.2, -0.15) is 0 Å². The molecule has 0 bridgehead atoms. The molecule has 130 valence electrons. The number of aromatic hydroxyl groups is 1. The molecule has 0 fully saturated rings. The highest BCUT2D eigenvalue weighted by molar-refractivity contribution is 5.94. The standard InChI is InChI=1S/C19H14N2O5/c22-16-14(15-12-8-4-5-9-13(12)18(24)26-15)17(23)21(19(25)20-16)10-11-6-2-1-3-7-11/h1-9,15,23H,10H2,(H,20,22,25)/t15-/m0/s1. The maximum Gasteiger partial charge on any atom is 0.339 e. The van der Waals surface area contributed by atoms with E-state index in [0.29, 0.717) is 11.1 Å². The Kier molecular flexibility index (Phi) is 3.69. The molecule has 0 saturated carbocycles. The fourth-order valence-corrected chi connectivity index (χ4v) is 3.08. The van der Waals surface area contributed by atoms with Gasteiger partial charge in [0.25, 0.3) is 5.56 Å². The lowest BCUT2D eigenvalue weighted by Crippen LogP contribution is -2.33. The van der Waals surface area contributed by atoms with Gasteiger partial charge in [-0.05, 0) is 11.6 Å². The molecule has 3 aromatic rings. The predicted molar refractivity (Wildman–Crippen MR) is 92.2 cm³/mol. The summed E-state index contributed by atoms with van der Waals surface area (Å²) in [4.78, 5) is 38.8. The Labute approximate surface area is 147 Å². The zero-order chi connectivity index (χ0) is 18.3. The number of ether oxygens (including phenoxy) is 1. The van der Waals surface area contributed by atoms with E-state index in [2.05, 4.69) is 4.98 Å². The van der Waals surface area contributed by atoms with Crippen LogP contribution in [0.4, 0.5) is 0 Å². The molecular formula is C19H14N2O5. The molecule has 2 N–H and O–H groups in total. The number of fused-ring (bicyclic) bond motifs is 1. The van der Waals surface area contributed by atoms with Crippen molar-refractivity contribution >= 4 is 5.97 Å². The molecule has 0 aliphatic carbocycles. The summed E-state index contributed by atoms with van der Waals surface area (Å²) >= 11 is 0. The molecular weight excluding hydrogens is 336 g/mol. The van der Waals surface area contributed by atoms with Gasteiger partial charge in [-0.3, -0.25) is 14.3 Å². The van der Waals surface area contributed by atoms with Crippen molar-refractivity contribution in [1.82, 2.24) is 9.55 Å². The van der Waals surface area contributed by atoms with Gasteiger partial charge in [0.05, 0.1) is 12.1 Å². The van der Waals surface area contributed by atoms with E-state index in [1.165, 1.54) is 0 Å². The molecule has 1 aliphatic heterocycles. The predicted octanol–water partition coefficient (Wildman–Crippen LogP) is 1.55. The molecule has 26 heavy (non-hydrogen) atoms. The summed E-state index contributed by atoms with van der Waals surface area (Å²) in [7, 11) is 0. The summed E-state index contributed by atoms with van der Waals surface area (Å²) in [6, 6.07) is 15.7. The first-order valence-corrected chi connectivity index (χ1v) is 7.96. The monoisotopic (exact) mass is 350 g/mol. The van der Waals surface area contributed by atoms with Gasteiger partial charge in [-0.25, -0.2) is 9.59 Å². The van der Waals surface area contributed by atoms with Gasteiger partial charge in [0, 0.05) is 5.56 Å². The van der Waals surface area contributed by atoms with Gasteiger partial charge in [-0.1, -0.05) is 48.5 Å². The maximum absolute atomic E-state index is 12.3.